The number of anilines is 1. The highest BCUT2D eigenvalue weighted by atomic mass is 32.2. The van der Waals surface area contributed by atoms with Crippen LogP contribution in [0.1, 0.15) is 5.82 Å². The summed E-state index contributed by atoms with van der Waals surface area (Å²) < 4.78 is 1.63. The number of aryl methyl sites for hydroxylation is 1. The van der Waals surface area contributed by atoms with Crippen LogP contribution in [0.25, 0.3) is 10.2 Å². The zero-order chi connectivity index (χ0) is 13.2. The molecule has 0 atom stereocenters. The quantitative estimate of drug-likeness (QED) is 0.731. The van der Waals surface area contributed by atoms with Gasteiger partial charge >= 0.3 is 0 Å². The van der Waals surface area contributed by atoms with Crippen LogP contribution in [-0.4, -0.2) is 37.2 Å². The molecule has 19 heavy (non-hydrogen) atoms. The third-order valence-corrected chi connectivity index (χ3v) is 4.33. The number of nitrogens with one attached hydrogen (secondary N) is 1. The van der Waals surface area contributed by atoms with Crippen molar-refractivity contribution in [2.75, 3.05) is 12.4 Å². The van der Waals surface area contributed by atoms with Gasteiger partial charge in [-0.3, -0.25) is 0 Å². The Morgan fingerprint density at radius 1 is 1.42 bits per heavy atom. The summed E-state index contributed by atoms with van der Waals surface area (Å²) in [6, 6.07) is 2.02. The summed E-state index contributed by atoms with van der Waals surface area (Å²) in [7, 11) is 3.67. The molecule has 0 aliphatic rings. The molecule has 0 saturated heterocycles. The van der Waals surface area contributed by atoms with Crippen molar-refractivity contribution >= 4 is 39.1 Å². The zero-order valence-electron chi connectivity index (χ0n) is 10.4. The lowest BCUT2D eigenvalue weighted by molar-refractivity contribution is 0.664. The number of tetrazole rings is 1. The number of fused-ring (bicyclic) bond motifs is 1. The second-order valence-corrected chi connectivity index (χ2v) is 5.59. The highest BCUT2D eigenvalue weighted by Crippen LogP contribution is 2.26. The Balaban J connectivity index is 1.86. The number of aromatic nitrogens is 6. The van der Waals surface area contributed by atoms with Gasteiger partial charge in [0.1, 0.15) is 16.5 Å². The molecule has 0 unspecified atom stereocenters. The molecule has 9 heteroatoms. The lowest BCUT2D eigenvalue weighted by Crippen LogP contribution is -2.00. The third kappa shape index (κ3) is 2.38. The largest absolute Gasteiger partial charge is 0.372 e. The lowest BCUT2D eigenvalue weighted by atomic mass is 10.4. The summed E-state index contributed by atoms with van der Waals surface area (Å²) in [5.74, 6) is 2.27. The highest BCUT2D eigenvalue weighted by Gasteiger charge is 2.10. The normalized spacial score (nSPS) is 11.1. The molecule has 0 saturated carbocycles. The molecular weight excluding hydrogens is 282 g/mol. The summed E-state index contributed by atoms with van der Waals surface area (Å²) in [5, 5.41) is 18.2. The van der Waals surface area contributed by atoms with E-state index < -0.39 is 0 Å². The van der Waals surface area contributed by atoms with Crippen LogP contribution in [0.15, 0.2) is 16.6 Å². The Morgan fingerprint density at radius 2 is 2.32 bits per heavy atom. The first-order valence-electron chi connectivity index (χ1n) is 5.55. The molecule has 3 rings (SSSR count). The van der Waals surface area contributed by atoms with Crippen molar-refractivity contribution in [1.29, 1.82) is 0 Å². The standard InChI is InChI=1S/C10H11N7S2/c1-11-8-6-3-4-18-9(6)13-7(12-8)5-19-10-14-15-16-17(10)2/h3-4H,5H2,1-2H3,(H,11,12,13). The molecule has 0 radical (unpaired) electrons. The number of nitrogens with zero attached hydrogens (tertiary/aromatic N) is 6. The van der Waals surface area contributed by atoms with Gasteiger partial charge in [-0.05, 0) is 21.9 Å². The monoisotopic (exact) mass is 293 g/mol. The molecular formula is C10H11N7S2. The predicted molar refractivity (Wildman–Crippen MR) is 75.3 cm³/mol. The summed E-state index contributed by atoms with van der Waals surface area (Å²) in [5.41, 5.74) is 0. The Bertz CT molecular complexity index is 705. The summed E-state index contributed by atoms with van der Waals surface area (Å²) >= 11 is 3.13. The van der Waals surface area contributed by atoms with E-state index in [4.69, 9.17) is 0 Å². The van der Waals surface area contributed by atoms with E-state index in [1.54, 1.807) is 16.0 Å². The number of rotatable bonds is 4. The fraction of sp³-hybridized carbons (Fsp3) is 0.300. The molecule has 0 fully saturated rings. The molecule has 98 valence electrons. The minimum absolute atomic E-state index is 0.636. The summed E-state index contributed by atoms with van der Waals surface area (Å²) in [6.45, 7) is 0. The maximum absolute atomic E-state index is 4.54. The van der Waals surface area contributed by atoms with Gasteiger partial charge < -0.3 is 5.32 Å². The average Bonchev–Trinajstić information content (AvgIpc) is 3.04. The lowest BCUT2D eigenvalue weighted by Gasteiger charge is -2.04. The van der Waals surface area contributed by atoms with Gasteiger partial charge in [0.25, 0.3) is 0 Å². The van der Waals surface area contributed by atoms with Crippen LogP contribution in [-0.2, 0) is 12.8 Å². The molecule has 0 bridgehead atoms. The third-order valence-electron chi connectivity index (χ3n) is 2.52. The molecule has 0 aliphatic carbocycles. The van der Waals surface area contributed by atoms with E-state index in [0.717, 1.165) is 27.0 Å². The van der Waals surface area contributed by atoms with Crippen molar-refractivity contribution in [3.63, 3.8) is 0 Å². The van der Waals surface area contributed by atoms with Crippen LogP contribution in [0.4, 0.5) is 5.82 Å². The molecule has 7 nitrogen and oxygen atoms in total. The number of thiophene rings is 1. The van der Waals surface area contributed by atoms with Crippen LogP contribution in [0, 0.1) is 0 Å². The van der Waals surface area contributed by atoms with Crippen LogP contribution in [0.3, 0.4) is 0 Å². The minimum Gasteiger partial charge on any atom is -0.372 e. The second-order valence-electron chi connectivity index (χ2n) is 3.75. The minimum atomic E-state index is 0.636. The second kappa shape index (κ2) is 5.10. The molecule has 1 N–H and O–H groups in total. The van der Waals surface area contributed by atoms with E-state index in [2.05, 4.69) is 30.8 Å². The fourth-order valence-corrected chi connectivity index (χ4v) is 3.12. The Morgan fingerprint density at radius 3 is 3.05 bits per heavy atom. The van der Waals surface area contributed by atoms with Gasteiger partial charge in [0.2, 0.25) is 5.16 Å². The van der Waals surface area contributed by atoms with Gasteiger partial charge in [-0.25, -0.2) is 14.6 Å². The van der Waals surface area contributed by atoms with E-state index in [-0.39, 0.29) is 0 Å². The van der Waals surface area contributed by atoms with Gasteiger partial charge in [0.15, 0.2) is 0 Å². The zero-order valence-corrected chi connectivity index (χ0v) is 12.0. The smallest absolute Gasteiger partial charge is 0.209 e. The van der Waals surface area contributed by atoms with Gasteiger partial charge in [-0.2, -0.15) is 0 Å². The maximum atomic E-state index is 4.54. The Hall–Kier alpha value is -1.74. The number of thioether (sulfide) groups is 1. The molecule has 3 aromatic heterocycles. The Labute approximate surface area is 117 Å². The highest BCUT2D eigenvalue weighted by molar-refractivity contribution is 7.98. The number of hydrogen-bond donors (Lipinski definition) is 1. The van der Waals surface area contributed by atoms with Crippen molar-refractivity contribution < 1.29 is 0 Å². The molecule has 3 aromatic rings. The van der Waals surface area contributed by atoms with Crippen LogP contribution < -0.4 is 5.32 Å². The summed E-state index contributed by atoms with van der Waals surface area (Å²) in [4.78, 5) is 10.0. The van der Waals surface area contributed by atoms with Gasteiger partial charge in [-0.1, -0.05) is 11.8 Å². The molecule has 3 heterocycles. The van der Waals surface area contributed by atoms with Crippen LogP contribution >= 0.6 is 23.1 Å². The first-order valence-corrected chi connectivity index (χ1v) is 7.41. The first kappa shape index (κ1) is 12.3. The van der Waals surface area contributed by atoms with E-state index in [0.29, 0.717) is 5.75 Å². The van der Waals surface area contributed by atoms with Crippen molar-refractivity contribution in [1.82, 2.24) is 30.2 Å². The van der Waals surface area contributed by atoms with Crippen molar-refractivity contribution in [2.45, 2.75) is 10.9 Å². The topological polar surface area (TPSA) is 81.4 Å². The van der Waals surface area contributed by atoms with Gasteiger partial charge in [0, 0.05) is 14.1 Å². The first-order chi connectivity index (χ1) is 9.28. The van der Waals surface area contributed by atoms with Crippen molar-refractivity contribution in [3.05, 3.63) is 17.3 Å². The Kier molecular flexibility index (Phi) is 3.30. The van der Waals surface area contributed by atoms with E-state index in [1.165, 1.54) is 11.8 Å². The number of hydrogen-bond acceptors (Lipinski definition) is 8. The maximum Gasteiger partial charge on any atom is 0.209 e. The van der Waals surface area contributed by atoms with E-state index in [1.807, 2.05) is 25.5 Å². The van der Waals surface area contributed by atoms with Crippen molar-refractivity contribution in [3.8, 4) is 0 Å². The molecule has 0 aliphatic heterocycles. The van der Waals surface area contributed by atoms with Crippen LogP contribution in [0.5, 0.6) is 0 Å². The molecule has 0 amide bonds. The van der Waals surface area contributed by atoms with Gasteiger partial charge in [0.05, 0.1) is 11.1 Å². The molecule has 0 aromatic carbocycles. The predicted octanol–water partition coefficient (Wildman–Crippen LogP) is 1.55. The van der Waals surface area contributed by atoms with E-state index >= 15 is 0 Å². The van der Waals surface area contributed by atoms with Crippen molar-refractivity contribution in [2.24, 2.45) is 7.05 Å². The fourth-order valence-electron chi connectivity index (χ4n) is 1.63. The molecule has 0 spiro atoms. The van der Waals surface area contributed by atoms with Gasteiger partial charge in [-0.15, -0.1) is 16.4 Å². The SMILES string of the molecule is CNc1nc(CSc2nnnn2C)nc2sccc12. The van der Waals surface area contributed by atoms with E-state index in [9.17, 15) is 0 Å². The van der Waals surface area contributed by atoms with Crippen LogP contribution in [0.2, 0.25) is 0 Å². The summed E-state index contributed by atoms with van der Waals surface area (Å²) in [6.07, 6.45) is 0. The average molecular weight is 293 g/mol.